The van der Waals surface area contributed by atoms with Crippen molar-refractivity contribution in [1.29, 1.82) is 0 Å². The molecule has 0 saturated heterocycles. The van der Waals surface area contributed by atoms with Gasteiger partial charge in [-0.25, -0.2) is 0 Å². The van der Waals surface area contributed by atoms with Crippen LogP contribution >= 0.6 is 0 Å². The first-order valence-corrected chi connectivity index (χ1v) is 3.72. The molecule has 0 saturated carbocycles. The molecule has 1 aromatic rings. The van der Waals surface area contributed by atoms with Gasteiger partial charge in [-0.15, -0.1) is 0 Å². The minimum atomic E-state index is 0.240. The molecule has 0 aromatic carbocycles. The normalized spacial score (nSPS) is 10.0. The fraction of sp³-hybridized carbons (Fsp3) is 0.500. The second-order valence-corrected chi connectivity index (χ2v) is 2.55. The number of Topliss-reactive ketones (excluding diaryl/α,β-unsaturated/α-hetero) is 1. The number of carbonyl (C=O) groups is 1. The van der Waals surface area contributed by atoms with Gasteiger partial charge in [0.25, 0.3) is 0 Å². The van der Waals surface area contributed by atoms with E-state index in [2.05, 4.69) is 5.10 Å². The highest BCUT2D eigenvalue weighted by Gasteiger charge is 2.02. The number of hydrogen-bond donors (Lipinski definition) is 0. The molecule has 0 aliphatic carbocycles. The Morgan fingerprint density at radius 1 is 1.73 bits per heavy atom. The van der Waals surface area contributed by atoms with Gasteiger partial charge in [-0.1, -0.05) is 6.92 Å². The zero-order valence-corrected chi connectivity index (χ0v) is 6.87. The fourth-order valence-electron chi connectivity index (χ4n) is 0.884. The van der Waals surface area contributed by atoms with Gasteiger partial charge in [0, 0.05) is 19.7 Å². The first-order valence-electron chi connectivity index (χ1n) is 3.72. The average molecular weight is 152 g/mol. The molecule has 60 valence electrons. The first-order chi connectivity index (χ1) is 5.22. The molecule has 0 bridgehead atoms. The van der Waals surface area contributed by atoms with Crippen LogP contribution in [0.4, 0.5) is 0 Å². The Labute approximate surface area is 66.0 Å². The van der Waals surface area contributed by atoms with Crippen LogP contribution < -0.4 is 0 Å². The summed E-state index contributed by atoms with van der Waals surface area (Å²) in [5, 5.41) is 4.09. The molecule has 0 N–H and O–H groups in total. The Kier molecular flexibility index (Phi) is 2.41. The fourth-order valence-corrected chi connectivity index (χ4v) is 0.884. The summed E-state index contributed by atoms with van der Waals surface area (Å²) < 4.78 is 1.71. The van der Waals surface area contributed by atoms with E-state index in [1.165, 1.54) is 0 Å². The van der Waals surface area contributed by atoms with Crippen LogP contribution in [0.2, 0.25) is 0 Å². The molecule has 0 radical (unpaired) electrons. The average Bonchev–Trinajstić information content (AvgIpc) is 2.35. The van der Waals surface area contributed by atoms with Crippen LogP contribution in [0, 0.1) is 0 Å². The van der Waals surface area contributed by atoms with E-state index in [1.54, 1.807) is 4.68 Å². The van der Waals surface area contributed by atoms with E-state index in [4.69, 9.17) is 0 Å². The van der Waals surface area contributed by atoms with Crippen molar-refractivity contribution >= 4 is 5.78 Å². The SMILES string of the molecule is CCC(=O)Cc1ccn(C)n1. The highest BCUT2D eigenvalue weighted by atomic mass is 16.1. The van der Waals surface area contributed by atoms with Crippen molar-refractivity contribution in [3.05, 3.63) is 18.0 Å². The largest absolute Gasteiger partial charge is 0.299 e. The second-order valence-electron chi connectivity index (χ2n) is 2.55. The minimum absolute atomic E-state index is 0.240. The van der Waals surface area contributed by atoms with Crippen molar-refractivity contribution < 1.29 is 4.79 Å². The predicted molar refractivity (Wildman–Crippen MR) is 42.2 cm³/mol. The molecule has 0 amide bonds. The Hall–Kier alpha value is -1.12. The van der Waals surface area contributed by atoms with Gasteiger partial charge < -0.3 is 0 Å². The van der Waals surface area contributed by atoms with Gasteiger partial charge >= 0.3 is 0 Å². The molecular formula is C8H12N2O. The zero-order chi connectivity index (χ0) is 8.27. The molecule has 0 fully saturated rings. The highest BCUT2D eigenvalue weighted by Crippen LogP contribution is 1.97. The lowest BCUT2D eigenvalue weighted by Crippen LogP contribution is -2.01. The van der Waals surface area contributed by atoms with E-state index in [1.807, 2.05) is 26.2 Å². The lowest BCUT2D eigenvalue weighted by atomic mass is 10.2. The lowest BCUT2D eigenvalue weighted by Gasteiger charge is -1.91. The molecule has 11 heavy (non-hydrogen) atoms. The molecule has 3 heteroatoms. The van der Waals surface area contributed by atoms with Gasteiger partial charge in [-0.05, 0) is 6.07 Å². The monoisotopic (exact) mass is 152 g/mol. The van der Waals surface area contributed by atoms with Gasteiger partial charge in [0.15, 0.2) is 0 Å². The van der Waals surface area contributed by atoms with Crippen LogP contribution in [-0.4, -0.2) is 15.6 Å². The second kappa shape index (κ2) is 3.32. The van der Waals surface area contributed by atoms with Crippen LogP contribution in [0.25, 0.3) is 0 Å². The highest BCUT2D eigenvalue weighted by molar-refractivity contribution is 5.80. The van der Waals surface area contributed by atoms with Gasteiger partial charge in [-0.3, -0.25) is 9.48 Å². The van der Waals surface area contributed by atoms with Crippen LogP contribution in [0.1, 0.15) is 19.0 Å². The molecule has 1 rings (SSSR count). The third-order valence-electron chi connectivity index (χ3n) is 1.54. The molecule has 1 heterocycles. The summed E-state index contributed by atoms with van der Waals surface area (Å²) in [6.45, 7) is 1.87. The molecule has 0 aliphatic rings. The maximum absolute atomic E-state index is 10.9. The van der Waals surface area contributed by atoms with Crippen LogP contribution in [-0.2, 0) is 18.3 Å². The molecule has 1 aromatic heterocycles. The van der Waals surface area contributed by atoms with Crippen LogP contribution in [0.3, 0.4) is 0 Å². The molecule has 0 spiro atoms. The third-order valence-corrected chi connectivity index (χ3v) is 1.54. The smallest absolute Gasteiger partial charge is 0.138 e. The number of rotatable bonds is 3. The van der Waals surface area contributed by atoms with Gasteiger partial charge in [0.1, 0.15) is 5.78 Å². The molecule has 0 atom stereocenters. The van der Waals surface area contributed by atoms with E-state index in [9.17, 15) is 4.79 Å². The van der Waals surface area contributed by atoms with Crippen molar-refractivity contribution in [3.8, 4) is 0 Å². The summed E-state index contributed by atoms with van der Waals surface area (Å²) in [6, 6.07) is 1.87. The van der Waals surface area contributed by atoms with E-state index in [-0.39, 0.29) is 5.78 Å². The van der Waals surface area contributed by atoms with Gasteiger partial charge in [0.2, 0.25) is 0 Å². The third kappa shape index (κ3) is 2.18. The number of nitrogens with zero attached hydrogens (tertiary/aromatic N) is 2. The number of carbonyl (C=O) groups excluding carboxylic acids is 1. The van der Waals surface area contributed by atoms with Crippen molar-refractivity contribution in [1.82, 2.24) is 9.78 Å². The van der Waals surface area contributed by atoms with Crippen molar-refractivity contribution in [2.45, 2.75) is 19.8 Å². The van der Waals surface area contributed by atoms with E-state index in [0.29, 0.717) is 12.8 Å². The van der Waals surface area contributed by atoms with E-state index >= 15 is 0 Å². The summed E-state index contributed by atoms with van der Waals surface area (Å²) in [6.07, 6.45) is 2.91. The van der Waals surface area contributed by atoms with Crippen LogP contribution in [0.15, 0.2) is 12.3 Å². The summed E-state index contributed by atoms with van der Waals surface area (Å²) in [7, 11) is 1.85. The van der Waals surface area contributed by atoms with Crippen LogP contribution in [0.5, 0.6) is 0 Å². The number of hydrogen-bond acceptors (Lipinski definition) is 2. The van der Waals surface area contributed by atoms with Crippen molar-refractivity contribution in [3.63, 3.8) is 0 Å². The minimum Gasteiger partial charge on any atom is -0.299 e. The Bertz CT molecular complexity index is 252. The molecule has 3 nitrogen and oxygen atoms in total. The quantitative estimate of drug-likeness (QED) is 0.646. The van der Waals surface area contributed by atoms with Gasteiger partial charge in [-0.2, -0.15) is 5.10 Å². The van der Waals surface area contributed by atoms with Crippen molar-refractivity contribution in [2.75, 3.05) is 0 Å². The number of aromatic nitrogens is 2. The maximum Gasteiger partial charge on any atom is 0.138 e. The van der Waals surface area contributed by atoms with E-state index in [0.717, 1.165) is 5.69 Å². The maximum atomic E-state index is 10.9. The summed E-state index contributed by atoms with van der Waals surface area (Å²) >= 11 is 0. The Morgan fingerprint density at radius 2 is 2.45 bits per heavy atom. The Balaban J connectivity index is 2.57. The lowest BCUT2D eigenvalue weighted by molar-refractivity contribution is -0.118. The molecule has 0 unspecified atom stereocenters. The first kappa shape index (κ1) is 7.98. The summed E-state index contributed by atoms with van der Waals surface area (Å²) in [5.41, 5.74) is 0.861. The topological polar surface area (TPSA) is 34.9 Å². The van der Waals surface area contributed by atoms with E-state index < -0.39 is 0 Å². The Morgan fingerprint density at radius 3 is 2.91 bits per heavy atom. The summed E-state index contributed by atoms with van der Waals surface area (Å²) in [5.74, 6) is 0.240. The number of ketones is 1. The standard InChI is InChI=1S/C8H12N2O/c1-3-8(11)6-7-4-5-10(2)9-7/h4-5H,3,6H2,1-2H3. The van der Waals surface area contributed by atoms with Gasteiger partial charge in [0.05, 0.1) is 12.1 Å². The predicted octanol–water partition coefficient (Wildman–Crippen LogP) is 0.942. The summed E-state index contributed by atoms with van der Waals surface area (Å²) in [4.78, 5) is 10.9. The zero-order valence-electron chi connectivity index (χ0n) is 6.87. The molecule has 0 aliphatic heterocycles. The number of aryl methyl sites for hydroxylation is 1. The van der Waals surface area contributed by atoms with Crippen molar-refractivity contribution in [2.24, 2.45) is 7.05 Å². The molecular weight excluding hydrogens is 140 g/mol.